The summed E-state index contributed by atoms with van der Waals surface area (Å²) < 4.78 is 0. The maximum atomic E-state index is 11.3. The third kappa shape index (κ3) is 1.43. The molecule has 0 aromatic heterocycles. The number of nitriles is 1. The molecule has 0 aromatic rings. The van der Waals surface area contributed by atoms with Gasteiger partial charge < -0.3 is 5.32 Å². The number of nitrogens with zero attached hydrogens (tertiary/aromatic N) is 2. The van der Waals surface area contributed by atoms with Crippen molar-refractivity contribution < 1.29 is 9.59 Å². The normalized spacial score (nSPS) is 23.2. The molecule has 74 valence electrons. The van der Waals surface area contributed by atoms with E-state index >= 15 is 0 Å². The first-order chi connectivity index (χ1) is 6.67. The lowest BCUT2D eigenvalue weighted by Gasteiger charge is -2.18. The highest BCUT2D eigenvalue weighted by molar-refractivity contribution is 6.02. The van der Waals surface area contributed by atoms with E-state index in [1.54, 1.807) is 0 Å². The second-order valence-electron chi connectivity index (χ2n) is 3.97. The van der Waals surface area contributed by atoms with Gasteiger partial charge in [-0.3, -0.25) is 9.69 Å². The fourth-order valence-corrected chi connectivity index (χ4v) is 1.69. The number of hydrogen-bond acceptors (Lipinski definition) is 3. The first-order valence-electron chi connectivity index (χ1n) is 4.62. The van der Waals surface area contributed by atoms with E-state index in [2.05, 4.69) is 11.4 Å². The fourth-order valence-electron chi connectivity index (χ4n) is 1.69. The van der Waals surface area contributed by atoms with Gasteiger partial charge in [-0.15, -0.1) is 0 Å². The Hall–Kier alpha value is -1.57. The van der Waals surface area contributed by atoms with Crippen LogP contribution in [-0.4, -0.2) is 29.9 Å². The molecule has 0 unspecified atom stereocenters. The Morgan fingerprint density at radius 2 is 2.21 bits per heavy atom. The van der Waals surface area contributed by atoms with Crippen LogP contribution >= 0.6 is 0 Å². The van der Waals surface area contributed by atoms with Crippen LogP contribution in [0.3, 0.4) is 0 Å². The largest absolute Gasteiger partial charge is 0.329 e. The number of rotatable bonds is 3. The molecule has 0 radical (unpaired) electrons. The van der Waals surface area contributed by atoms with Gasteiger partial charge in [0.15, 0.2) is 0 Å². The van der Waals surface area contributed by atoms with Crippen molar-refractivity contribution in [3.8, 4) is 6.07 Å². The zero-order valence-corrected chi connectivity index (χ0v) is 7.75. The molecule has 1 N–H and O–H groups in total. The summed E-state index contributed by atoms with van der Waals surface area (Å²) in [5, 5.41) is 11.1. The second kappa shape index (κ2) is 2.98. The monoisotopic (exact) mass is 193 g/mol. The van der Waals surface area contributed by atoms with Gasteiger partial charge in [-0.25, -0.2) is 4.79 Å². The molecule has 0 atom stereocenters. The van der Waals surface area contributed by atoms with Crippen molar-refractivity contribution in [2.24, 2.45) is 5.41 Å². The number of carbonyl (C=O) groups excluding carboxylic acids is 2. The molecule has 2 fully saturated rings. The van der Waals surface area contributed by atoms with E-state index in [-0.39, 0.29) is 23.9 Å². The molecule has 1 saturated carbocycles. The predicted molar refractivity (Wildman–Crippen MR) is 47.0 cm³/mol. The van der Waals surface area contributed by atoms with Crippen molar-refractivity contribution in [2.75, 3.05) is 13.1 Å². The average Bonchev–Trinajstić information content (AvgIpc) is 2.84. The van der Waals surface area contributed by atoms with Crippen LogP contribution in [0, 0.1) is 16.7 Å². The number of amides is 3. The van der Waals surface area contributed by atoms with Crippen LogP contribution in [-0.2, 0) is 4.79 Å². The SMILES string of the molecule is N#CCC1(CN2C(=O)CNC2=O)CC1. The highest BCUT2D eigenvalue weighted by atomic mass is 16.2. The molecular weight excluding hydrogens is 182 g/mol. The van der Waals surface area contributed by atoms with Crippen molar-refractivity contribution in [3.05, 3.63) is 0 Å². The summed E-state index contributed by atoms with van der Waals surface area (Å²) in [6.45, 7) is 0.507. The smallest absolute Gasteiger partial charge is 0.324 e. The Morgan fingerprint density at radius 3 is 2.64 bits per heavy atom. The molecule has 5 heteroatoms. The molecule has 1 heterocycles. The number of imide groups is 1. The zero-order valence-electron chi connectivity index (χ0n) is 7.75. The summed E-state index contributed by atoms with van der Waals surface area (Å²) in [5.41, 5.74) is -0.0912. The highest BCUT2D eigenvalue weighted by Gasteiger charge is 2.47. The quantitative estimate of drug-likeness (QED) is 0.652. The van der Waals surface area contributed by atoms with Gasteiger partial charge in [0, 0.05) is 18.4 Å². The van der Waals surface area contributed by atoms with Gasteiger partial charge in [-0.2, -0.15) is 5.26 Å². The lowest BCUT2D eigenvalue weighted by molar-refractivity contribution is -0.125. The Labute approximate surface area is 81.7 Å². The molecule has 1 aliphatic carbocycles. The number of urea groups is 1. The third-order valence-corrected chi connectivity index (χ3v) is 2.84. The van der Waals surface area contributed by atoms with Crippen molar-refractivity contribution in [1.29, 1.82) is 5.26 Å². The van der Waals surface area contributed by atoms with E-state index in [9.17, 15) is 9.59 Å². The third-order valence-electron chi connectivity index (χ3n) is 2.84. The van der Waals surface area contributed by atoms with Crippen LogP contribution in [0.4, 0.5) is 4.79 Å². The Morgan fingerprint density at radius 1 is 1.50 bits per heavy atom. The molecule has 1 aliphatic heterocycles. The van der Waals surface area contributed by atoms with Gasteiger partial charge >= 0.3 is 6.03 Å². The standard InChI is InChI=1S/C9H11N3O2/c10-4-3-9(1-2-9)6-12-7(13)5-11-8(12)14/h1-3,5-6H2,(H,11,14). The van der Waals surface area contributed by atoms with Crippen LogP contribution in [0.2, 0.25) is 0 Å². The summed E-state index contributed by atoms with van der Waals surface area (Å²) in [6.07, 6.45) is 2.32. The molecule has 0 spiro atoms. The summed E-state index contributed by atoms with van der Waals surface area (Å²) in [5.74, 6) is -0.181. The van der Waals surface area contributed by atoms with Gasteiger partial charge in [0.25, 0.3) is 0 Å². The van der Waals surface area contributed by atoms with E-state index in [0.717, 1.165) is 12.8 Å². The zero-order chi connectivity index (χ0) is 10.2. The van der Waals surface area contributed by atoms with E-state index in [1.807, 2.05) is 0 Å². The van der Waals surface area contributed by atoms with Crippen molar-refractivity contribution in [3.63, 3.8) is 0 Å². The summed E-state index contributed by atoms with van der Waals surface area (Å²) in [7, 11) is 0. The lowest BCUT2D eigenvalue weighted by Crippen LogP contribution is -2.36. The molecule has 5 nitrogen and oxygen atoms in total. The van der Waals surface area contributed by atoms with Crippen molar-refractivity contribution >= 4 is 11.9 Å². The first-order valence-corrected chi connectivity index (χ1v) is 4.62. The van der Waals surface area contributed by atoms with Gasteiger partial charge in [0.05, 0.1) is 12.6 Å². The minimum Gasteiger partial charge on any atom is -0.329 e. The van der Waals surface area contributed by atoms with Crippen molar-refractivity contribution in [1.82, 2.24) is 10.2 Å². The maximum Gasteiger partial charge on any atom is 0.324 e. The number of hydrogen-bond donors (Lipinski definition) is 1. The minimum absolute atomic E-state index is 0.0912. The number of nitrogens with one attached hydrogen (secondary N) is 1. The fraction of sp³-hybridized carbons (Fsp3) is 0.667. The maximum absolute atomic E-state index is 11.3. The summed E-state index contributed by atoms with van der Waals surface area (Å²) in [4.78, 5) is 23.7. The Kier molecular flexibility index (Phi) is 1.92. The number of carbonyl (C=O) groups is 2. The molecule has 14 heavy (non-hydrogen) atoms. The van der Waals surface area contributed by atoms with Crippen molar-refractivity contribution in [2.45, 2.75) is 19.3 Å². The lowest BCUT2D eigenvalue weighted by atomic mass is 10.0. The topological polar surface area (TPSA) is 73.2 Å². The van der Waals surface area contributed by atoms with Crippen LogP contribution < -0.4 is 5.32 Å². The molecule has 2 aliphatic rings. The molecule has 2 rings (SSSR count). The minimum atomic E-state index is -0.320. The van der Waals surface area contributed by atoms with Crippen LogP contribution in [0.1, 0.15) is 19.3 Å². The highest BCUT2D eigenvalue weighted by Crippen LogP contribution is 2.49. The molecule has 0 bridgehead atoms. The van der Waals surface area contributed by atoms with Crippen LogP contribution in [0.5, 0.6) is 0 Å². The molecule has 0 aromatic carbocycles. The van der Waals surface area contributed by atoms with Crippen LogP contribution in [0.25, 0.3) is 0 Å². The van der Waals surface area contributed by atoms with E-state index in [0.29, 0.717) is 13.0 Å². The molecule has 1 saturated heterocycles. The van der Waals surface area contributed by atoms with E-state index in [1.165, 1.54) is 4.90 Å². The van der Waals surface area contributed by atoms with Gasteiger partial charge in [0.2, 0.25) is 5.91 Å². The molecule has 3 amide bonds. The summed E-state index contributed by atoms with van der Waals surface area (Å²) >= 11 is 0. The van der Waals surface area contributed by atoms with Gasteiger partial charge in [-0.1, -0.05) is 0 Å². The first kappa shape index (κ1) is 9.00. The summed E-state index contributed by atoms with van der Waals surface area (Å²) in [6, 6.07) is 1.78. The second-order valence-corrected chi connectivity index (χ2v) is 3.97. The Balaban J connectivity index is 2.00. The van der Waals surface area contributed by atoms with Gasteiger partial charge in [0.1, 0.15) is 0 Å². The van der Waals surface area contributed by atoms with E-state index < -0.39 is 0 Å². The average molecular weight is 193 g/mol. The predicted octanol–water partition coefficient (Wildman–Crippen LogP) is 0.232. The Bertz CT molecular complexity index is 311. The van der Waals surface area contributed by atoms with E-state index in [4.69, 9.17) is 5.26 Å². The van der Waals surface area contributed by atoms with Crippen LogP contribution in [0.15, 0.2) is 0 Å². The van der Waals surface area contributed by atoms with Gasteiger partial charge in [-0.05, 0) is 12.8 Å². The molecular formula is C9H11N3O2.